The Bertz CT molecular complexity index is 383. The van der Waals surface area contributed by atoms with Crippen LogP contribution in [0.2, 0.25) is 0 Å². The third kappa shape index (κ3) is 0.746. The predicted octanol–water partition coefficient (Wildman–Crippen LogP) is 1.21. The van der Waals surface area contributed by atoms with Crippen LogP contribution in [0.1, 0.15) is 12.8 Å². The highest BCUT2D eigenvalue weighted by Gasteiger charge is 2.59. The molecule has 0 amide bonds. The van der Waals surface area contributed by atoms with Gasteiger partial charge in [-0.15, -0.1) is 0 Å². The molecule has 0 aromatic rings. The van der Waals surface area contributed by atoms with E-state index in [1.165, 1.54) is 0 Å². The first kappa shape index (κ1) is 7.21. The molecule has 3 aliphatic rings. The van der Waals surface area contributed by atoms with E-state index >= 15 is 0 Å². The van der Waals surface area contributed by atoms with Gasteiger partial charge in [0.2, 0.25) is 9.05 Å². The highest BCUT2D eigenvalue weighted by Crippen LogP contribution is 2.60. The van der Waals surface area contributed by atoms with Crippen LogP contribution < -0.4 is 0 Å². The number of ether oxygens (including phenoxy) is 1. The molecule has 3 atom stereocenters. The fraction of sp³-hybridized carbons (Fsp3) is 0.714. The molecule has 0 aromatic heterocycles. The lowest BCUT2D eigenvalue weighted by atomic mass is 10.1. The fourth-order valence-corrected chi connectivity index (χ4v) is 4.12. The van der Waals surface area contributed by atoms with Gasteiger partial charge in [-0.2, -0.15) is 0 Å². The number of halogens is 1. The molecule has 0 saturated heterocycles. The minimum absolute atomic E-state index is 0.0764. The van der Waals surface area contributed by atoms with Gasteiger partial charge in [0.25, 0.3) is 0 Å². The lowest BCUT2D eigenvalue weighted by molar-refractivity contribution is 0.344. The minimum Gasteiger partial charge on any atom is -0.458 e. The van der Waals surface area contributed by atoms with Crippen molar-refractivity contribution in [2.75, 3.05) is 0 Å². The van der Waals surface area contributed by atoms with Gasteiger partial charge in [0.05, 0.1) is 5.25 Å². The van der Waals surface area contributed by atoms with Crippen molar-refractivity contribution in [1.82, 2.24) is 0 Å². The molecule has 3 unspecified atom stereocenters. The molecule has 1 fully saturated rings. The summed E-state index contributed by atoms with van der Waals surface area (Å²) >= 11 is 0. The first-order valence-electron chi connectivity index (χ1n) is 3.93. The second-order valence-electron chi connectivity index (χ2n) is 3.62. The Balaban J connectivity index is 2.00. The number of hydrogen-bond acceptors (Lipinski definition) is 3. The SMILES string of the molecule is O=S(=O)(Cl)C1CC2CC1C1=C2O1. The van der Waals surface area contributed by atoms with Gasteiger partial charge in [-0.1, -0.05) is 0 Å². The monoisotopic (exact) mass is 206 g/mol. The Morgan fingerprint density at radius 2 is 2.08 bits per heavy atom. The lowest BCUT2D eigenvalue weighted by Crippen LogP contribution is -2.21. The van der Waals surface area contributed by atoms with Crippen molar-refractivity contribution in [3.05, 3.63) is 11.5 Å². The van der Waals surface area contributed by atoms with E-state index < -0.39 is 9.05 Å². The van der Waals surface area contributed by atoms with Gasteiger partial charge in [-0.25, -0.2) is 8.42 Å². The summed E-state index contributed by atoms with van der Waals surface area (Å²) in [5.41, 5.74) is 0. The molecule has 0 N–H and O–H groups in total. The van der Waals surface area contributed by atoms with Gasteiger partial charge < -0.3 is 4.74 Å². The van der Waals surface area contributed by atoms with Crippen LogP contribution in [0.4, 0.5) is 0 Å². The van der Waals surface area contributed by atoms with E-state index in [0.29, 0.717) is 12.3 Å². The van der Waals surface area contributed by atoms with Crippen LogP contribution in [-0.4, -0.2) is 13.7 Å². The van der Waals surface area contributed by atoms with Crippen LogP contribution in [-0.2, 0) is 13.8 Å². The molecule has 3 nitrogen and oxygen atoms in total. The van der Waals surface area contributed by atoms with E-state index in [-0.39, 0.29) is 11.2 Å². The first-order valence-corrected chi connectivity index (χ1v) is 6.30. The van der Waals surface area contributed by atoms with Crippen LogP contribution in [0.5, 0.6) is 0 Å². The maximum Gasteiger partial charge on any atom is 0.236 e. The van der Waals surface area contributed by atoms with Crippen LogP contribution in [0.3, 0.4) is 0 Å². The molecule has 1 saturated carbocycles. The van der Waals surface area contributed by atoms with Gasteiger partial charge in [0, 0.05) is 22.5 Å². The summed E-state index contributed by atoms with van der Waals surface area (Å²) in [6.45, 7) is 0. The zero-order valence-corrected chi connectivity index (χ0v) is 7.73. The van der Waals surface area contributed by atoms with Crippen molar-refractivity contribution >= 4 is 19.7 Å². The topological polar surface area (TPSA) is 46.7 Å². The first-order chi connectivity index (χ1) is 5.57. The van der Waals surface area contributed by atoms with Crippen LogP contribution in [0, 0.1) is 11.8 Å². The summed E-state index contributed by atoms with van der Waals surface area (Å²) in [5, 5.41) is -0.384. The molecule has 3 rings (SSSR count). The van der Waals surface area contributed by atoms with Gasteiger partial charge in [0.15, 0.2) is 0 Å². The van der Waals surface area contributed by atoms with Crippen LogP contribution >= 0.6 is 10.7 Å². The van der Waals surface area contributed by atoms with E-state index in [2.05, 4.69) is 0 Å². The van der Waals surface area contributed by atoms with Crippen molar-refractivity contribution in [2.24, 2.45) is 11.8 Å². The van der Waals surface area contributed by atoms with Crippen molar-refractivity contribution in [3.63, 3.8) is 0 Å². The Morgan fingerprint density at radius 3 is 2.58 bits per heavy atom. The van der Waals surface area contributed by atoms with Gasteiger partial charge in [0.1, 0.15) is 11.5 Å². The second kappa shape index (κ2) is 1.82. The van der Waals surface area contributed by atoms with Crippen molar-refractivity contribution in [1.29, 1.82) is 0 Å². The molecule has 2 bridgehead atoms. The second-order valence-corrected chi connectivity index (χ2v) is 6.47. The van der Waals surface area contributed by atoms with E-state index in [0.717, 1.165) is 17.9 Å². The Kier molecular flexibility index (Phi) is 1.10. The van der Waals surface area contributed by atoms with Gasteiger partial charge in [-0.3, -0.25) is 0 Å². The average molecular weight is 207 g/mol. The van der Waals surface area contributed by atoms with Crippen molar-refractivity contribution < 1.29 is 13.2 Å². The summed E-state index contributed by atoms with van der Waals surface area (Å²) < 4.78 is 27.3. The van der Waals surface area contributed by atoms with E-state index in [1.54, 1.807) is 0 Å². The average Bonchev–Trinajstić information content (AvgIpc) is 2.55. The number of fused-ring (bicyclic) bond motifs is 4. The highest BCUT2D eigenvalue weighted by molar-refractivity contribution is 8.14. The third-order valence-electron chi connectivity index (χ3n) is 2.99. The molecule has 1 aliphatic heterocycles. The maximum absolute atomic E-state index is 11.1. The largest absolute Gasteiger partial charge is 0.458 e. The molecular weight excluding hydrogens is 200 g/mol. The van der Waals surface area contributed by atoms with E-state index in [4.69, 9.17) is 15.4 Å². The predicted molar refractivity (Wildman–Crippen MR) is 42.9 cm³/mol. The molecule has 0 aromatic carbocycles. The summed E-state index contributed by atoms with van der Waals surface area (Å²) in [7, 11) is 1.93. The number of rotatable bonds is 1. The lowest BCUT2D eigenvalue weighted by Gasteiger charge is -2.10. The Labute approximate surface area is 74.8 Å². The molecular formula is C7H7ClO3S. The molecule has 2 aliphatic carbocycles. The van der Waals surface area contributed by atoms with E-state index in [9.17, 15) is 8.42 Å². The fourth-order valence-electron chi connectivity index (χ4n) is 2.44. The Hall–Kier alpha value is -0.220. The zero-order valence-electron chi connectivity index (χ0n) is 6.16. The summed E-state index contributed by atoms with van der Waals surface area (Å²) in [4.78, 5) is 0. The highest BCUT2D eigenvalue weighted by atomic mass is 35.7. The summed E-state index contributed by atoms with van der Waals surface area (Å²) in [5.74, 6) is 2.40. The molecule has 1 heterocycles. The summed E-state index contributed by atoms with van der Waals surface area (Å²) in [6.07, 6.45) is 1.59. The van der Waals surface area contributed by atoms with E-state index in [1.807, 2.05) is 0 Å². The number of allylic oxidation sites excluding steroid dienone is 2. The third-order valence-corrected chi connectivity index (χ3v) is 4.93. The molecule has 5 heteroatoms. The smallest absolute Gasteiger partial charge is 0.236 e. The van der Waals surface area contributed by atoms with Crippen LogP contribution in [0.15, 0.2) is 11.5 Å². The standard InChI is InChI=1S/C7H7ClO3S/c8-12(9,10)5-2-3-1-4(5)7-6(3)11-7/h3-5H,1-2H2. The van der Waals surface area contributed by atoms with Crippen molar-refractivity contribution in [2.45, 2.75) is 18.1 Å². The van der Waals surface area contributed by atoms with Gasteiger partial charge in [-0.05, 0) is 12.8 Å². The molecule has 66 valence electrons. The Morgan fingerprint density at radius 1 is 1.33 bits per heavy atom. The van der Waals surface area contributed by atoms with Crippen molar-refractivity contribution in [3.8, 4) is 0 Å². The quantitative estimate of drug-likeness (QED) is 0.606. The normalized spacial score (nSPS) is 42.9. The zero-order chi connectivity index (χ0) is 8.51. The maximum atomic E-state index is 11.1. The minimum atomic E-state index is -3.38. The molecule has 12 heavy (non-hydrogen) atoms. The van der Waals surface area contributed by atoms with Crippen LogP contribution in [0.25, 0.3) is 0 Å². The van der Waals surface area contributed by atoms with Gasteiger partial charge >= 0.3 is 0 Å². The molecule has 0 spiro atoms. The molecule has 0 radical (unpaired) electrons. The number of hydrogen-bond donors (Lipinski definition) is 0. The summed E-state index contributed by atoms with van der Waals surface area (Å²) in [6, 6.07) is 0.